The third-order valence-corrected chi connectivity index (χ3v) is 8.25. The van der Waals surface area contributed by atoms with Gasteiger partial charge in [0.05, 0.1) is 6.85 Å². The molecule has 0 unspecified atom stereocenters. The van der Waals surface area contributed by atoms with E-state index in [0.29, 0.717) is 28.4 Å². The molecule has 2 heterocycles. The van der Waals surface area contributed by atoms with Crippen LogP contribution in [0.25, 0.3) is 89.1 Å². The highest BCUT2D eigenvalue weighted by molar-refractivity contribution is 6.13. The molecule has 0 amide bonds. The van der Waals surface area contributed by atoms with Crippen molar-refractivity contribution in [2.75, 3.05) is 0 Å². The van der Waals surface area contributed by atoms with E-state index in [1.165, 1.54) is 0 Å². The van der Waals surface area contributed by atoms with Crippen molar-refractivity contribution in [3.8, 4) is 56.4 Å². The highest BCUT2D eigenvalue weighted by atomic mass is 16.3. The Morgan fingerprint density at radius 3 is 1.72 bits per heavy atom. The summed E-state index contributed by atoms with van der Waals surface area (Å²) in [6.45, 7) is 0. The van der Waals surface area contributed by atoms with Gasteiger partial charge in [0.2, 0.25) is 0 Å². The second-order valence-electron chi connectivity index (χ2n) is 11.2. The molecule has 0 spiro atoms. The smallest absolute Gasteiger partial charge is 0.164 e. The van der Waals surface area contributed by atoms with Gasteiger partial charge in [0.25, 0.3) is 0 Å². The fraction of sp³-hybridized carbons (Fsp3) is 0. The topological polar surface area (TPSA) is 51.8 Å². The van der Waals surface area contributed by atoms with E-state index < -0.39 is 0 Å². The van der Waals surface area contributed by atoms with E-state index in [1.54, 1.807) is 18.2 Å². The zero-order valence-electron chi connectivity index (χ0n) is 30.0. The van der Waals surface area contributed by atoms with Crippen molar-refractivity contribution in [1.82, 2.24) is 15.0 Å². The Bertz CT molecular complexity index is 2840. The number of hydrogen-bond donors (Lipinski definition) is 0. The number of fused-ring (bicyclic) bond motifs is 4. The number of para-hydroxylation sites is 1. The first-order valence-electron chi connectivity index (χ1n) is 17.8. The maximum Gasteiger partial charge on any atom is 0.164 e. The molecule has 0 aliphatic heterocycles. The fourth-order valence-electron chi connectivity index (χ4n) is 5.97. The van der Waals surface area contributed by atoms with Crippen LogP contribution in [0.3, 0.4) is 0 Å². The lowest BCUT2D eigenvalue weighted by atomic mass is 9.98. The second kappa shape index (κ2) is 11.2. The molecule has 0 aliphatic carbocycles. The summed E-state index contributed by atoms with van der Waals surface area (Å²) in [4.78, 5) is 14.9. The summed E-state index contributed by atoms with van der Waals surface area (Å²) >= 11 is 0. The Morgan fingerprint density at radius 1 is 0.426 bits per heavy atom. The van der Waals surface area contributed by atoms with E-state index in [0.717, 1.165) is 33.0 Å². The molecule has 0 fully saturated rings. The largest absolute Gasteiger partial charge is 0.456 e. The molecule has 4 nitrogen and oxygen atoms in total. The quantitative estimate of drug-likeness (QED) is 0.196. The predicted molar refractivity (Wildman–Crippen MR) is 192 cm³/mol. The van der Waals surface area contributed by atoms with Crippen molar-refractivity contribution in [3.05, 3.63) is 164 Å². The van der Waals surface area contributed by atoms with Gasteiger partial charge in [-0.1, -0.05) is 133 Å². The molecule has 47 heavy (non-hydrogen) atoms. The van der Waals surface area contributed by atoms with E-state index in [2.05, 4.69) is 0 Å². The number of furan rings is 1. The first-order chi connectivity index (χ1) is 25.4. The third kappa shape index (κ3) is 4.93. The van der Waals surface area contributed by atoms with Gasteiger partial charge in [0, 0.05) is 27.5 Å². The van der Waals surface area contributed by atoms with Crippen molar-refractivity contribution < 1.29 is 11.3 Å². The molecule has 9 aromatic rings. The van der Waals surface area contributed by atoms with Crippen LogP contribution in [0.15, 0.2) is 168 Å². The Morgan fingerprint density at radius 2 is 1.00 bits per heavy atom. The zero-order valence-corrected chi connectivity index (χ0v) is 25.0. The Hall–Kier alpha value is -6.39. The number of nitrogens with zero attached hydrogens (tertiary/aromatic N) is 3. The van der Waals surface area contributed by atoms with Gasteiger partial charge in [0.15, 0.2) is 17.5 Å². The van der Waals surface area contributed by atoms with Crippen molar-refractivity contribution in [2.45, 2.75) is 0 Å². The number of rotatable bonds is 5. The molecule has 0 bridgehead atoms. The van der Waals surface area contributed by atoms with E-state index in [1.807, 2.05) is 115 Å². The molecule has 4 heteroatoms. The van der Waals surface area contributed by atoms with E-state index >= 15 is 0 Å². The summed E-state index contributed by atoms with van der Waals surface area (Å²) in [7, 11) is 0. The molecule has 0 atom stereocenters. The third-order valence-electron chi connectivity index (χ3n) is 8.25. The Kier molecular flexibility index (Phi) is 5.28. The van der Waals surface area contributed by atoms with Crippen LogP contribution in [0.5, 0.6) is 0 Å². The first kappa shape index (κ1) is 22.2. The molecule has 0 N–H and O–H groups in total. The van der Waals surface area contributed by atoms with E-state index in [9.17, 15) is 2.74 Å². The molecule has 0 radical (unpaired) electrons. The Labute approximate surface area is 278 Å². The minimum Gasteiger partial charge on any atom is -0.456 e. The van der Waals surface area contributed by atoms with Crippen LogP contribution in [0.1, 0.15) is 6.85 Å². The summed E-state index contributed by atoms with van der Waals surface area (Å²) < 4.78 is 51.5. The summed E-state index contributed by atoms with van der Waals surface area (Å²) in [5.41, 5.74) is 5.86. The van der Waals surface area contributed by atoms with Crippen LogP contribution < -0.4 is 0 Å². The van der Waals surface area contributed by atoms with Gasteiger partial charge in [-0.25, -0.2) is 15.0 Å². The molecule has 9 rings (SSSR count). The van der Waals surface area contributed by atoms with Gasteiger partial charge in [-0.3, -0.25) is 0 Å². The van der Waals surface area contributed by atoms with Gasteiger partial charge in [-0.05, 0) is 63.3 Å². The normalized spacial score (nSPS) is 12.9. The zero-order chi connectivity index (χ0) is 35.5. The molecule has 7 aromatic carbocycles. The molecule has 0 aliphatic rings. The van der Waals surface area contributed by atoms with Gasteiger partial charge >= 0.3 is 0 Å². The summed E-state index contributed by atoms with van der Waals surface area (Å²) in [6, 6.07) is 41.3. The van der Waals surface area contributed by atoms with Gasteiger partial charge in [-0.2, -0.15) is 0 Å². The van der Waals surface area contributed by atoms with Crippen molar-refractivity contribution >= 4 is 32.7 Å². The molecular formula is C43H27N3O. The van der Waals surface area contributed by atoms with E-state index in [4.69, 9.17) is 23.5 Å². The molecule has 2 aromatic heterocycles. The fourth-order valence-corrected chi connectivity index (χ4v) is 5.97. The van der Waals surface area contributed by atoms with Gasteiger partial charge in [-0.15, -0.1) is 0 Å². The number of hydrogen-bond acceptors (Lipinski definition) is 4. The van der Waals surface area contributed by atoms with Crippen LogP contribution in [0.4, 0.5) is 0 Å². The lowest BCUT2D eigenvalue weighted by Gasteiger charge is -2.12. The van der Waals surface area contributed by atoms with Crippen LogP contribution in [-0.2, 0) is 0 Å². The Balaban J connectivity index is 1.36. The van der Waals surface area contributed by atoms with Gasteiger partial charge in [0.1, 0.15) is 11.2 Å². The highest BCUT2D eigenvalue weighted by Crippen LogP contribution is 2.40. The molecule has 0 saturated heterocycles. The van der Waals surface area contributed by atoms with Crippen molar-refractivity contribution in [3.63, 3.8) is 0 Å². The first-order valence-corrected chi connectivity index (χ1v) is 15.3. The highest BCUT2D eigenvalue weighted by Gasteiger charge is 2.19. The summed E-state index contributed by atoms with van der Waals surface area (Å²) in [6.07, 6.45) is 0. The standard InChI is InChI=1S/C43H27N3O/c1-4-12-28(13-5-1)32-22-20-30-21-23-33(25-34(30)24-32)42-44-41(31-16-8-3-9-17-31)45-43(46-42)37-26-35(29-14-6-2-7-15-29)27-39-40(37)36-18-10-11-19-38(36)47-39/h1-27H/i20D,21D,22D,23D,24D. The average Bonchev–Trinajstić information content (AvgIpc) is 3.57. The molecular weight excluding hydrogens is 574 g/mol. The minimum absolute atomic E-state index is 0.00310. The van der Waals surface area contributed by atoms with E-state index in [-0.39, 0.29) is 57.9 Å². The maximum atomic E-state index is 9.24. The SMILES string of the molecule is [2H]c1c(-c2nc(-c3ccccc3)nc(-c3cc(-c4ccccc4)cc4oc5ccccc5c34)n2)cc2c([2H])c(-c3ccccc3)c([2H])c([2H])c2c1[2H]. The number of benzene rings is 7. The summed E-state index contributed by atoms with van der Waals surface area (Å²) in [5.74, 6) is 0.872. The van der Waals surface area contributed by atoms with Crippen LogP contribution in [-0.4, -0.2) is 15.0 Å². The minimum atomic E-state index is -0.267. The predicted octanol–water partition coefficient (Wildman–Crippen LogP) is 11.3. The second-order valence-corrected chi connectivity index (χ2v) is 11.2. The average molecular weight is 607 g/mol. The lowest BCUT2D eigenvalue weighted by molar-refractivity contribution is 0.669. The van der Waals surface area contributed by atoms with Gasteiger partial charge < -0.3 is 4.42 Å². The monoisotopic (exact) mass is 606 g/mol. The number of aromatic nitrogens is 3. The van der Waals surface area contributed by atoms with Crippen molar-refractivity contribution in [2.24, 2.45) is 0 Å². The maximum absolute atomic E-state index is 9.24. The van der Waals surface area contributed by atoms with Crippen LogP contribution in [0, 0.1) is 0 Å². The lowest BCUT2D eigenvalue weighted by Crippen LogP contribution is -2.00. The molecule has 0 saturated carbocycles. The summed E-state index contributed by atoms with van der Waals surface area (Å²) in [5, 5.41) is 2.08. The molecule has 220 valence electrons. The van der Waals surface area contributed by atoms with Crippen LogP contribution in [0.2, 0.25) is 0 Å². The van der Waals surface area contributed by atoms with Crippen LogP contribution >= 0.6 is 0 Å². The van der Waals surface area contributed by atoms with Crippen molar-refractivity contribution in [1.29, 1.82) is 0 Å².